The molecule has 1 heterocycles. The molecule has 25 heavy (non-hydrogen) atoms. The van der Waals surface area contributed by atoms with Gasteiger partial charge in [0, 0.05) is 19.2 Å². The van der Waals surface area contributed by atoms with Crippen molar-refractivity contribution in [2.75, 3.05) is 13.1 Å². The minimum absolute atomic E-state index is 0.0102. The third kappa shape index (κ3) is 3.64. The number of ether oxygens (including phenoxy) is 1. The highest BCUT2D eigenvalue weighted by molar-refractivity contribution is 7.89. The minimum Gasteiger partial charge on any atom is -0.450 e. The maximum absolute atomic E-state index is 12.6. The Morgan fingerprint density at radius 2 is 1.84 bits per heavy atom. The number of nitrogens with zero attached hydrogens (tertiary/aromatic N) is 2. The Labute approximate surface area is 146 Å². The number of nitro benzene ring substituents is 1. The number of nitro groups is 1. The summed E-state index contributed by atoms with van der Waals surface area (Å²) in [7, 11) is -3.72. The lowest BCUT2D eigenvalue weighted by Crippen LogP contribution is -2.27. The molecule has 2 aromatic carbocycles. The van der Waals surface area contributed by atoms with Crippen LogP contribution in [0.2, 0.25) is 0 Å². The van der Waals surface area contributed by atoms with Gasteiger partial charge in [-0.1, -0.05) is 12.1 Å². The molecule has 0 spiro atoms. The first-order valence-corrected chi connectivity index (χ1v) is 9.35. The maximum atomic E-state index is 12.6. The van der Waals surface area contributed by atoms with Crippen LogP contribution in [0.25, 0.3) is 0 Å². The molecule has 0 atom stereocenters. The molecule has 1 aliphatic heterocycles. The van der Waals surface area contributed by atoms with E-state index in [2.05, 4.69) is 0 Å². The highest BCUT2D eigenvalue weighted by atomic mass is 32.2. The summed E-state index contributed by atoms with van der Waals surface area (Å²) >= 11 is 0. The van der Waals surface area contributed by atoms with Gasteiger partial charge in [0.05, 0.1) is 9.82 Å². The van der Waals surface area contributed by atoms with Gasteiger partial charge < -0.3 is 4.74 Å². The van der Waals surface area contributed by atoms with Crippen molar-refractivity contribution in [3.05, 3.63) is 58.1 Å². The number of sulfonamides is 1. The summed E-state index contributed by atoms with van der Waals surface area (Å²) in [6, 6.07) is 10.9. The van der Waals surface area contributed by atoms with Crippen molar-refractivity contribution >= 4 is 15.7 Å². The largest absolute Gasteiger partial charge is 0.450 e. The van der Waals surface area contributed by atoms with Gasteiger partial charge in [0.25, 0.3) is 0 Å². The molecule has 3 rings (SSSR count). The topological polar surface area (TPSA) is 89.8 Å². The molecule has 1 fully saturated rings. The molecule has 7 nitrogen and oxygen atoms in total. The second-order valence-electron chi connectivity index (χ2n) is 5.92. The highest BCUT2D eigenvalue weighted by Crippen LogP contribution is 2.34. The normalized spacial score (nSPS) is 15.2. The summed E-state index contributed by atoms with van der Waals surface area (Å²) in [5.41, 5.74) is 0.579. The Morgan fingerprint density at radius 1 is 1.12 bits per heavy atom. The van der Waals surface area contributed by atoms with E-state index < -0.39 is 14.9 Å². The lowest BCUT2D eigenvalue weighted by Gasteiger charge is -2.16. The van der Waals surface area contributed by atoms with Gasteiger partial charge in [-0.2, -0.15) is 4.31 Å². The molecule has 1 saturated heterocycles. The Morgan fingerprint density at radius 3 is 2.48 bits per heavy atom. The van der Waals surface area contributed by atoms with E-state index in [1.807, 2.05) is 13.0 Å². The summed E-state index contributed by atoms with van der Waals surface area (Å²) in [6.07, 6.45) is 1.60. The quantitative estimate of drug-likeness (QED) is 0.600. The van der Waals surface area contributed by atoms with E-state index in [1.165, 1.54) is 16.4 Å². The van der Waals surface area contributed by atoms with Crippen LogP contribution in [-0.4, -0.2) is 30.7 Å². The van der Waals surface area contributed by atoms with Crippen LogP contribution in [0.5, 0.6) is 11.5 Å². The van der Waals surface area contributed by atoms with Gasteiger partial charge in [0.1, 0.15) is 5.75 Å². The van der Waals surface area contributed by atoms with Crippen molar-refractivity contribution in [3.63, 3.8) is 0 Å². The van der Waals surface area contributed by atoms with Crippen LogP contribution in [0.3, 0.4) is 0 Å². The van der Waals surface area contributed by atoms with E-state index in [9.17, 15) is 18.5 Å². The molecule has 0 N–H and O–H groups in total. The van der Waals surface area contributed by atoms with Crippen molar-refractivity contribution < 1.29 is 18.1 Å². The van der Waals surface area contributed by atoms with Crippen molar-refractivity contribution in [1.82, 2.24) is 4.31 Å². The maximum Gasteiger partial charge on any atom is 0.312 e. The fourth-order valence-electron chi connectivity index (χ4n) is 2.77. The number of rotatable bonds is 5. The summed E-state index contributed by atoms with van der Waals surface area (Å²) in [5, 5.41) is 11.4. The van der Waals surface area contributed by atoms with Gasteiger partial charge in [0.15, 0.2) is 0 Å². The molecule has 0 saturated carbocycles. The average Bonchev–Trinajstić information content (AvgIpc) is 3.10. The fraction of sp³-hybridized carbons (Fsp3) is 0.294. The second kappa shape index (κ2) is 6.81. The van der Waals surface area contributed by atoms with E-state index in [-0.39, 0.29) is 16.3 Å². The van der Waals surface area contributed by atoms with Crippen LogP contribution in [-0.2, 0) is 10.0 Å². The number of hydrogen-bond donors (Lipinski definition) is 0. The fourth-order valence-corrected chi connectivity index (χ4v) is 4.31. The summed E-state index contributed by atoms with van der Waals surface area (Å²) in [6.45, 7) is 2.77. The van der Waals surface area contributed by atoms with Gasteiger partial charge >= 0.3 is 5.69 Å². The SMILES string of the molecule is Cc1cccc(Oc2ccc(S(=O)(=O)N3CCCC3)cc2[N+](=O)[O-])c1. The minimum atomic E-state index is -3.72. The van der Waals surface area contributed by atoms with E-state index in [1.54, 1.807) is 18.2 Å². The Kier molecular flexibility index (Phi) is 4.73. The third-order valence-corrected chi connectivity index (χ3v) is 5.94. The third-order valence-electron chi connectivity index (χ3n) is 4.05. The molecular weight excluding hydrogens is 344 g/mol. The van der Waals surface area contributed by atoms with Crippen LogP contribution in [0.4, 0.5) is 5.69 Å². The van der Waals surface area contributed by atoms with Crippen LogP contribution < -0.4 is 4.74 Å². The molecule has 0 bridgehead atoms. The first kappa shape index (κ1) is 17.4. The molecule has 2 aromatic rings. The predicted molar refractivity (Wildman–Crippen MR) is 92.3 cm³/mol. The molecule has 8 heteroatoms. The lowest BCUT2D eigenvalue weighted by atomic mass is 10.2. The van der Waals surface area contributed by atoms with Gasteiger partial charge in [-0.3, -0.25) is 10.1 Å². The zero-order valence-corrected chi connectivity index (χ0v) is 14.5. The van der Waals surface area contributed by atoms with Crippen molar-refractivity contribution in [2.24, 2.45) is 0 Å². The van der Waals surface area contributed by atoms with Gasteiger partial charge in [0.2, 0.25) is 15.8 Å². The second-order valence-corrected chi connectivity index (χ2v) is 7.85. The van der Waals surface area contributed by atoms with Crippen LogP contribution in [0.1, 0.15) is 18.4 Å². The Hall–Kier alpha value is -2.45. The van der Waals surface area contributed by atoms with Crippen LogP contribution in [0, 0.1) is 17.0 Å². The predicted octanol–water partition coefficient (Wildman–Crippen LogP) is 3.48. The van der Waals surface area contributed by atoms with Gasteiger partial charge in [-0.05, 0) is 49.6 Å². The Bertz CT molecular complexity index is 905. The molecule has 0 radical (unpaired) electrons. The van der Waals surface area contributed by atoms with Gasteiger partial charge in [-0.15, -0.1) is 0 Å². The molecule has 132 valence electrons. The first-order chi connectivity index (χ1) is 11.9. The van der Waals surface area contributed by atoms with E-state index >= 15 is 0 Å². The summed E-state index contributed by atoms with van der Waals surface area (Å²) in [5.74, 6) is 0.467. The first-order valence-electron chi connectivity index (χ1n) is 7.91. The number of benzene rings is 2. The lowest BCUT2D eigenvalue weighted by molar-refractivity contribution is -0.385. The monoisotopic (exact) mass is 362 g/mol. The number of hydrogen-bond acceptors (Lipinski definition) is 5. The zero-order chi connectivity index (χ0) is 18.0. The van der Waals surface area contributed by atoms with Crippen LogP contribution in [0.15, 0.2) is 47.4 Å². The van der Waals surface area contributed by atoms with Crippen molar-refractivity contribution in [3.8, 4) is 11.5 Å². The van der Waals surface area contributed by atoms with Gasteiger partial charge in [-0.25, -0.2) is 8.42 Å². The molecular formula is C17H18N2O5S. The molecule has 0 amide bonds. The standard InChI is InChI=1S/C17H18N2O5S/c1-13-5-4-6-14(11-13)24-17-8-7-15(12-16(17)19(20)21)25(22,23)18-9-2-3-10-18/h4-8,11-12H,2-3,9-10H2,1H3. The van der Waals surface area contributed by atoms with Crippen molar-refractivity contribution in [1.29, 1.82) is 0 Å². The smallest absolute Gasteiger partial charge is 0.312 e. The molecule has 1 aliphatic rings. The Balaban J connectivity index is 1.97. The molecule has 0 unspecified atom stereocenters. The number of aryl methyl sites for hydroxylation is 1. The summed E-state index contributed by atoms with van der Waals surface area (Å²) in [4.78, 5) is 10.7. The molecule has 0 aromatic heterocycles. The average molecular weight is 362 g/mol. The van der Waals surface area contributed by atoms with Crippen LogP contribution >= 0.6 is 0 Å². The van der Waals surface area contributed by atoms with E-state index in [0.717, 1.165) is 24.5 Å². The highest BCUT2D eigenvalue weighted by Gasteiger charge is 2.29. The molecule has 0 aliphatic carbocycles. The van der Waals surface area contributed by atoms with E-state index in [0.29, 0.717) is 18.8 Å². The van der Waals surface area contributed by atoms with Crippen molar-refractivity contribution in [2.45, 2.75) is 24.7 Å². The van der Waals surface area contributed by atoms with E-state index in [4.69, 9.17) is 4.74 Å². The zero-order valence-electron chi connectivity index (χ0n) is 13.7. The summed E-state index contributed by atoms with van der Waals surface area (Å²) < 4.78 is 32.1.